The van der Waals surface area contributed by atoms with E-state index in [0.717, 1.165) is 25.2 Å². The summed E-state index contributed by atoms with van der Waals surface area (Å²) in [6.45, 7) is 5.78. The molecule has 3 nitrogen and oxygen atoms in total. The Bertz CT molecular complexity index is 139. The SMILES string of the molecule is CNCCN(C)C1CC(C)N(C)C1. The van der Waals surface area contributed by atoms with Crippen molar-refractivity contribution < 1.29 is 0 Å². The van der Waals surface area contributed by atoms with Gasteiger partial charge in [-0.2, -0.15) is 0 Å². The zero-order chi connectivity index (χ0) is 9.84. The molecule has 13 heavy (non-hydrogen) atoms. The smallest absolute Gasteiger partial charge is 0.0235 e. The zero-order valence-corrected chi connectivity index (χ0v) is 9.38. The number of likely N-dealkylation sites (N-methyl/N-ethyl adjacent to an activating group) is 3. The second-order valence-corrected chi connectivity index (χ2v) is 4.26. The summed E-state index contributed by atoms with van der Waals surface area (Å²) in [5.74, 6) is 0. The molecule has 1 rings (SSSR count). The van der Waals surface area contributed by atoms with Crippen molar-refractivity contribution in [2.45, 2.75) is 25.4 Å². The molecule has 0 radical (unpaired) electrons. The third-order valence-electron chi connectivity index (χ3n) is 3.20. The van der Waals surface area contributed by atoms with Crippen LogP contribution in [0.1, 0.15) is 13.3 Å². The first-order valence-electron chi connectivity index (χ1n) is 5.20. The van der Waals surface area contributed by atoms with Crippen molar-refractivity contribution in [2.75, 3.05) is 40.8 Å². The molecule has 0 bridgehead atoms. The monoisotopic (exact) mass is 185 g/mol. The van der Waals surface area contributed by atoms with Crippen LogP contribution in [0.15, 0.2) is 0 Å². The normalized spacial score (nSPS) is 30.2. The molecule has 1 aliphatic heterocycles. The number of rotatable bonds is 4. The van der Waals surface area contributed by atoms with Crippen LogP contribution in [0.4, 0.5) is 0 Å². The van der Waals surface area contributed by atoms with E-state index in [1.165, 1.54) is 13.0 Å². The molecule has 2 atom stereocenters. The van der Waals surface area contributed by atoms with Gasteiger partial charge < -0.3 is 15.1 Å². The van der Waals surface area contributed by atoms with E-state index >= 15 is 0 Å². The standard InChI is InChI=1S/C10H23N3/c1-9-7-10(8-13(9)4)12(3)6-5-11-2/h9-11H,5-8H2,1-4H3. The predicted octanol–water partition coefficient (Wildman–Crippen LogP) is 0.230. The van der Waals surface area contributed by atoms with Crippen LogP contribution in [0, 0.1) is 0 Å². The van der Waals surface area contributed by atoms with Crippen LogP contribution in [0.25, 0.3) is 0 Å². The Labute approximate surface area is 82.1 Å². The zero-order valence-electron chi connectivity index (χ0n) is 9.38. The van der Waals surface area contributed by atoms with Crippen LogP contribution in [0.5, 0.6) is 0 Å². The summed E-state index contributed by atoms with van der Waals surface area (Å²) in [5, 5.41) is 3.19. The van der Waals surface area contributed by atoms with Crippen molar-refractivity contribution >= 4 is 0 Å². The second-order valence-electron chi connectivity index (χ2n) is 4.26. The van der Waals surface area contributed by atoms with E-state index < -0.39 is 0 Å². The van der Waals surface area contributed by atoms with Crippen LogP contribution in [-0.2, 0) is 0 Å². The Balaban J connectivity index is 2.28. The van der Waals surface area contributed by atoms with Gasteiger partial charge >= 0.3 is 0 Å². The molecule has 0 aromatic rings. The third-order valence-corrected chi connectivity index (χ3v) is 3.20. The minimum atomic E-state index is 0.752. The number of nitrogens with zero attached hydrogens (tertiary/aromatic N) is 2. The largest absolute Gasteiger partial charge is 0.318 e. The first kappa shape index (κ1) is 11.0. The highest BCUT2D eigenvalue weighted by atomic mass is 15.2. The van der Waals surface area contributed by atoms with E-state index in [9.17, 15) is 0 Å². The lowest BCUT2D eigenvalue weighted by Gasteiger charge is -2.23. The molecule has 1 aliphatic rings. The molecule has 0 aromatic carbocycles. The maximum atomic E-state index is 3.19. The Morgan fingerprint density at radius 2 is 2.23 bits per heavy atom. The fraction of sp³-hybridized carbons (Fsp3) is 1.00. The van der Waals surface area contributed by atoms with E-state index in [0.29, 0.717) is 0 Å². The van der Waals surface area contributed by atoms with Crippen molar-refractivity contribution in [1.29, 1.82) is 0 Å². The molecule has 1 saturated heterocycles. The van der Waals surface area contributed by atoms with Crippen molar-refractivity contribution in [3.8, 4) is 0 Å². The average Bonchev–Trinajstić information content (AvgIpc) is 2.43. The molecule has 0 aromatic heterocycles. The number of hydrogen-bond donors (Lipinski definition) is 1. The summed E-state index contributed by atoms with van der Waals surface area (Å²) in [4.78, 5) is 4.91. The van der Waals surface area contributed by atoms with E-state index in [1.807, 2.05) is 7.05 Å². The number of nitrogens with one attached hydrogen (secondary N) is 1. The molecule has 1 N–H and O–H groups in total. The van der Waals surface area contributed by atoms with E-state index in [4.69, 9.17) is 0 Å². The summed E-state index contributed by atoms with van der Waals surface area (Å²) in [6.07, 6.45) is 1.32. The summed E-state index contributed by atoms with van der Waals surface area (Å²) >= 11 is 0. The van der Waals surface area contributed by atoms with Crippen molar-refractivity contribution in [1.82, 2.24) is 15.1 Å². The van der Waals surface area contributed by atoms with Crippen LogP contribution in [0.2, 0.25) is 0 Å². The summed E-state index contributed by atoms with van der Waals surface area (Å²) in [7, 11) is 6.46. The molecule has 0 spiro atoms. The summed E-state index contributed by atoms with van der Waals surface area (Å²) < 4.78 is 0. The molecule has 2 unspecified atom stereocenters. The molecule has 1 heterocycles. The fourth-order valence-corrected chi connectivity index (χ4v) is 1.95. The van der Waals surface area contributed by atoms with Crippen LogP contribution in [0.3, 0.4) is 0 Å². The van der Waals surface area contributed by atoms with Crippen molar-refractivity contribution in [2.24, 2.45) is 0 Å². The van der Waals surface area contributed by atoms with Crippen LogP contribution in [-0.4, -0.2) is 62.7 Å². The van der Waals surface area contributed by atoms with Gasteiger partial charge in [-0.25, -0.2) is 0 Å². The lowest BCUT2D eigenvalue weighted by Crippen LogP contribution is -2.37. The van der Waals surface area contributed by atoms with Gasteiger partial charge in [0.25, 0.3) is 0 Å². The minimum absolute atomic E-state index is 0.752. The molecule has 0 saturated carbocycles. The molecule has 1 fully saturated rings. The Hall–Kier alpha value is -0.120. The summed E-state index contributed by atoms with van der Waals surface area (Å²) in [5.41, 5.74) is 0. The van der Waals surface area contributed by atoms with E-state index in [-0.39, 0.29) is 0 Å². The van der Waals surface area contributed by atoms with E-state index in [1.54, 1.807) is 0 Å². The summed E-state index contributed by atoms with van der Waals surface area (Å²) in [6, 6.07) is 1.51. The molecule has 3 heteroatoms. The van der Waals surface area contributed by atoms with Gasteiger partial charge in [0, 0.05) is 31.7 Å². The van der Waals surface area contributed by atoms with Crippen molar-refractivity contribution in [3.63, 3.8) is 0 Å². The second kappa shape index (κ2) is 4.94. The molecule has 78 valence electrons. The van der Waals surface area contributed by atoms with Gasteiger partial charge in [-0.1, -0.05) is 0 Å². The highest BCUT2D eigenvalue weighted by Gasteiger charge is 2.28. The first-order valence-corrected chi connectivity index (χ1v) is 5.20. The lowest BCUT2D eigenvalue weighted by molar-refractivity contribution is 0.242. The van der Waals surface area contributed by atoms with Crippen LogP contribution < -0.4 is 5.32 Å². The Morgan fingerprint density at radius 1 is 1.54 bits per heavy atom. The van der Waals surface area contributed by atoms with Gasteiger partial charge in [-0.3, -0.25) is 0 Å². The first-order chi connectivity index (χ1) is 6.15. The maximum Gasteiger partial charge on any atom is 0.0235 e. The number of likely N-dealkylation sites (tertiary alicyclic amines) is 1. The van der Waals surface area contributed by atoms with E-state index in [2.05, 4.69) is 36.1 Å². The third kappa shape index (κ3) is 2.93. The van der Waals surface area contributed by atoms with Gasteiger partial charge in [0.2, 0.25) is 0 Å². The van der Waals surface area contributed by atoms with Crippen LogP contribution >= 0.6 is 0 Å². The molecular formula is C10H23N3. The Kier molecular flexibility index (Phi) is 4.16. The highest BCUT2D eigenvalue weighted by molar-refractivity contribution is 4.85. The average molecular weight is 185 g/mol. The van der Waals surface area contributed by atoms with Gasteiger partial charge in [-0.15, -0.1) is 0 Å². The maximum absolute atomic E-state index is 3.19. The predicted molar refractivity (Wildman–Crippen MR) is 57.1 cm³/mol. The molecule has 0 aliphatic carbocycles. The van der Waals surface area contributed by atoms with Gasteiger partial charge in [0.15, 0.2) is 0 Å². The number of hydrogen-bond acceptors (Lipinski definition) is 3. The van der Waals surface area contributed by atoms with Gasteiger partial charge in [-0.05, 0) is 34.5 Å². The van der Waals surface area contributed by atoms with Gasteiger partial charge in [0.1, 0.15) is 0 Å². The quantitative estimate of drug-likeness (QED) is 0.676. The minimum Gasteiger partial charge on any atom is -0.318 e. The molecular weight excluding hydrogens is 162 g/mol. The van der Waals surface area contributed by atoms with Gasteiger partial charge in [0.05, 0.1) is 0 Å². The lowest BCUT2D eigenvalue weighted by atomic mass is 10.2. The fourth-order valence-electron chi connectivity index (χ4n) is 1.95. The van der Waals surface area contributed by atoms with Crippen molar-refractivity contribution in [3.05, 3.63) is 0 Å². The topological polar surface area (TPSA) is 18.5 Å². The highest BCUT2D eigenvalue weighted by Crippen LogP contribution is 2.18. The Morgan fingerprint density at radius 3 is 2.69 bits per heavy atom. The molecule has 0 amide bonds.